The van der Waals surface area contributed by atoms with Gasteiger partial charge in [0.15, 0.2) is 11.5 Å². The maximum absolute atomic E-state index is 5.81. The van der Waals surface area contributed by atoms with Crippen LogP contribution in [-0.2, 0) is 0 Å². The van der Waals surface area contributed by atoms with Crippen molar-refractivity contribution in [1.82, 2.24) is 4.98 Å². The molecule has 2 aromatic rings. The Morgan fingerprint density at radius 1 is 1.25 bits per heavy atom. The van der Waals surface area contributed by atoms with Crippen molar-refractivity contribution in [3.8, 4) is 0 Å². The lowest BCUT2D eigenvalue weighted by Gasteiger charge is -2.18. The van der Waals surface area contributed by atoms with Crippen LogP contribution >= 0.6 is 0 Å². The third kappa shape index (κ3) is 2.30. The minimum absolute atomic E-state index is 0.481. The number of nitrogens with zero attached hydrogens (tertiary/aromatic N) is 1. The highest BCUT2D eigenvalue weighted by molar-refractivity contribution is 5.77. The molecule has 106 valence electrons. The molecule has 4 rings (SSSR count). The summed E-state index contributed by atoms with van der Waals surface area (Å²) in [5.74, 6) is 1.51. The number of oxazole rings is 1. The minimum Gasteiger partial charge on any atom is -0.440 e. The molecule has 3 heteroatoms. The van der Waals surface area contributed by atoms with Crippen LogP contribution in [0.2, 0.25) is 0 Å². The van der Waals surface area contributed by atoms with E-state index < -0.39 is 0 Å². The van der Waals surface area contributed by atoms with Gasteiger partial charge in [0.1, 0.15) is 5.52 Å². The van der Waals surface area contributed by atoms with E-state index in [2.05, 4.69) is 42.3 Å². The van der Waals surface area contributed by atoms with Gasteiger partial charge in [-0.05, 0) is 55.7 Å². The van der Waals surface area contributed by atoms with E-state index in [9.17, 15) is 0 Å². The molecule has 3 nitrogen and oxygen atoms in total. The number of anilines is 1. The van der Waals surface area contributed by atoms with Gasteiger partial charge in [0.05, 0.1) is 0 Å². The van der Waals surface area contributed by atoms with E-state index in [1.807, 2.05) is 0 Å². The smallest absolute Gasteiger partial charge is 0.198 e. The summed E-state index contributed by atoms with van der Waals surface area (Å²) in [4.78, 5) is 4.63. The number of fused-ring (bicyclic) bond motifs is 1. The molecule has 1 N–H and O–H groups in total. The van der Waals surface area contributed by atoms with Gasteiger partial charge in [0.25, 0.3) is 0 Å². The largest absolute Gasteiger partial charge is 0.440 e. The first-order valence-corrected chi connectivity index (χ1v) is 7.76. The molecule has 2 aliphatic carbocycles. The highest BCUT2D eigenvalue weighted by Crippen LogP contribution is 2.41. The van der Waals surface area contributed by atoms with E-state index in [4.69, 9.17) is 4.42 Å². The molecule has 1 aromatic carbocycles. The summed E-state index contributed by atoms with van der Waals surface area (Å²) in [5.41, 5.74) is 3.57. The van der Waals surface area contributed by atoms with Crippen LogP contribution in [0, 0.1) is 5.41 Å². The van der Waals surface area contributed by atoms with E-state index >= 15 is 0 Å². The first kappa shape index (κ1) is 12.2. The van der Waals surface area contributed by atoms with Crippen molar-refractivity contribution >= 4 is 16.8 Å². The van der Waals surface area contributed by atoms with Crippen LogP contribution in [-0.4, -0.2) is 11.0 Å². The molecule has 0 spiro atoms. The lowest BCUT2D eigenvalue weighted by atomic mass is 9.92. The van der Waals surface area contributed by atoms with Gasteiger partial charge in [0, 0.05) is 17.6 Å². The average molecular weight is 270 g/mol. The van der Waals surface area contributed by atoms with E-state index in [1.165, 1.54) is 37.8 Å². The second-order valence-electron chi connectivity index (χ2n) is 7.26. The van der Waals surface area contributed by atoms with Gasteiger partial charge in [-0.1, -0.05) is 13.8 Å². The lowest BCUT2D eigenvalue weighted by Crippen LogP contribution is -2.17. The summed E-state index contributed by atoms with van der Waals surface area (Å²) in [6.45, 7) is 4.72. The Balaban J connectivity index is 1.54. The second kappa shape index (κ2) is 4.24. The Morgan fingerprint density at radius 2 is 2.10 bits per heavy atom. The van der Waals surface area contributed by atoms with Gasteiger partial charge in [-0.25, -0.2) is 4.98 Å². The molecule has 1 aromatic heterocycles. The molecular formula is C17H22N2O. The zero-order valence-electron chi connectivity index (χ0n) is 12.3. The van der Waals surface area contributed by atoms with E-state index in [0.717, 1.165) is 17.0 Å². The Bertz CT molecular complexity index is 639. The highest BCUT2D eigenvalue weighted by atomic mass is 16.3. The van der Waals surface area contributed by atoms with Crippen LogP contribution in [0.1, 0.15) is 57.8 Å². The fraction of sp³-hybridized carbons (Fsp3) is 0.588. The summed E-state index contributed by atoms with van der Waals surface area (Å²) >= 11 is 0. The highest BCUT2D eigenvalue weighted by Gasteiger charge is 2.31. The van der Waals surface area contributed by atoms with Crippen LogP contribution in [0.5, 0.6) is 0 Å². The van der Waals surface area contributed by atoms with Gasteiger partial charge < -0.3 is 9.73 Å². The summed E-state index contributed by atoms with van der Waals surface area (Å²) in [6, 6.07) is 6.90. The van der Waals surface area contributed by atoms with Crippen LogP contribution in [0.3, 0.4) is 0 Å². The molecular weight excluding hydrogens is 248 g/mol. The molecule has 0 aliphatic heterocycles. The normalized spacial score (nSPS) is 25.2. The molecule has 20 heavy (non-hydrogen) atoms. The molecule has 0 radical (unpaired) electrons. The second-order valence-corrected chi connectivity index (χ2v) is 7.26. The molecule has 2 fully saturated rings. The molecule has 0 amide bonds. The maximum atomic E-state index is 5.81. The first-order chi connectivity index (χ1) is 9.59. The Kier molecular flexibility index (Phi) is 2.60. The third-order valence-corrected chi connectivity index (χ3v) is 4.67. The van der Waals surface area contributed by atoms with Crippen LogP contribution in [0.25, 0.3) is 11.1 Å². The fourth-order valence-electron chi connectivity index (χ4n) is 3.33. The quantitative estimate of drug-likeness (QED) is 0.878. The molecule has 1 unspecified atom stereocenters. The van der Waals surface area contributed by atoms with Crippen molar-refractivity contribution in [3.63, 3.8) is 0 Å². The van der Waals surface area contributed by atoms with E-state index in [0.29, 0.717) is 17.4 Å². The number of hydrogen-bond acceptors (Lipinski definition) is 3. The van der Waals surface area contributed by atoms with Gasteiger partial charge in [-0.3, -0.25) is 0 Å². The number of rotatable bonds is 3. The van der Waals surface area contributed by atoms with Gasteiger partial charge in [0.2, 0.25) is 0 Å². The van der Waals surface area contributed by atoms with Crippen molar-refractivity contribution in [1.29, 1.82) is 0 Å². The molecule has 0 bridgehead atoms. The van der Waals surface area contributed by atoms with Crippen molar-refractivity contribution < 1.29 is 4.42 Å². The molecule has 2 saturated carbocycles. The summed E-state index contributed by atoms with van der Waals surface area (Å²) in [7, 11) is 0. The summed E-state index contributed by atoms with van der Waals surface area (Å²) in [5, 5.41) is 3.66. The van der Waals surface area contributed by atoms with Crippen LogP contribution in [0.15, 0.2) is 22.6 Å². The molecule has 1 heterocycles. The first-order valence-electron chi connectivity index (χ1n) is 7.76. The summed E-state index contributed by atoms with van der Waals surface area (Å²) < 4.78 is 5.81. The zero-order valence-corrected chi connectivity index (χ0v) is 12.3. The van der Waals surface area contributed by atoms with Crippen molar-refractivity contribution in [2.24, 2.45) is 5.41 Å². The topological polar surface area (TPSA) is 38.1 Å². The fourth-order valence-corrected chi connectivity index (χ4v) is 3.33. The molecule has 1 atom stereocenters. The number of benzene rings is 1. The lowest BCUT2D eigenvalue weighted by molar-refractivity contribution is 0.378. The molecule has 0 saturated heterocycles. The Hall–Kier alpha value is -1.51. The maximum Gasteiger partial charge on any atom is 0.198 e. The average Bonchev–Trinajstić information content (AvgIpc) is 3.07. The van der Waals surface area contributed by atoms with E-state index in [1.54, 1.807) is 0 Å². The number of hydrogen-bond donors (Lipinski definition) is 1. The minimum atomic E-state index is 0.481. The SMILES string of the molecule is CC1(C)CCC(Nc2ccc3oc(C4CC4)nc3c2)C1. The van der Waals surface area contributed by atoms with Gasteiger partial charge in [-0.15, -0.1) is 0 Å². The Morgan fingerprint density at radius 3 is 2.80 bits per heavy atom. The predicted octanol–water partition coefficient (Wildman–Crippen LogP) is 4.70. The monoisotopic (exact) mass is 270 g/mol. The number of nitrogens with one attached hydrogen (secondary N) is 1. The Labute approximate surface area is 119 Å². The molecule has 2 aliphatic rings. The van der Waals surface area contributed by atoms with Crippen molar-refractivity contribution in [2.45, 2.75) is 57.9 Å². The standard InChI is InChI=1S/C17H22N2O/c1-17(2)8-7-13(10-17)18-12-5-6-15-14(9-12)19-16(20-15)11-3-4-11/h5-6,9,11,13,18H,3-4,7-8,10H2,1-2H3. The van der Waals surface area contributed by atoms with E-state index in [-0.39, 0.29) is 0 Å². The number of aromatic nitrogens is 1. The third-order valence-electron chi connectivity index (χ3n) is 4.67. The predicted molar refractivity (Wildman–Crippen MR) is 81.0 cm³/mol. The van der Waals surface area contributed by atoms with Crippen LogP contribution in [0.4, 0.5) is 5.69 Å². The van der Waals surface area contributed by atoms with Gasteiger partial charge >= 0.3 is 0 Å². The van der Waals surface area contributed by atoms with Gasteiger partial charge in [-0.2, -0.15) is 0 Å². The van der Waals surface area contributed by atoms with Crippen LogP contribution < -0.4 is 5.32 Å². The van der Waals surface area contributed by atoms with Crippen molar-refractivity contribution in [3.05, 3.63) is 24.1 Å². The summed E-state index contributed by atoms with van der Waals surface area (Å²) in [6.07, 6.45) is 6.28. The van der Waals surface area contributed by atoms with Crippen molar-refractivity contribution in [2.75, 3.05) is 5.32 Å². The zero-order chi connectivity index (χ0) is 13.7.